The molecule has 1 N–H and O–H groups in total. The van der Waals surface area contributed by atoms with E-state index in [1.165, 1.54) is 31.3 Å². The highest BCUT2D eigenvalue weighted by Crippen LogP contribution is 2.37. The molecular weight excluding hydrogens is 375 g/mol. The number of carbonyl (C=O) groups is 1. The SMILES string of the molecule is C[C@@H](Oc1ccccc1F)C(=O)N/N=C\c1cc(Cl)c2c(c1)OCCCO2. The molecule has 2 aromatic carbocycles. The van der Waals surface area contributed by atoms with Crippen LogP contribution in [0.15, 0.2) is 41.5 Å². The van der Waals surface area contributed by atoms with E-state index in [0.717, 1.165) is 6.42 Å². The van der Waals surface area contributed by atoms with Crippen molar-refractivity contribution in [1.29, 1.82) is 0 Å². The highest BCUT2D eigenvalue weighted by atomic mass is 35.5. The summed E-state index contributed by atoms with van der Waals surface area (Å²) >= 11 is 6.21. The largest absolute Gasteiger partial charge is 0.489 e. The Bertz CT molecular complexity index is 860. The van der Waals surface area contributed by atoms with Crippen LogP contribution in [0.2, 0.25) is 5.02 Å². The van der Waals surface area contributed by atoms with Gasteiger partial charge in [0.15, 0.2) is 29.2 Å². The predicted octanol–water partition coefficient (Wildman–Crippen LogP) is 3.56. The predicted molar refractivity (Wildman–Crippen MR) is 99.3 cm³/mol. The summed E-state index contributed by atoms with van der Waals surface area (Å²) in [6.07, 6.45) is 1.27. The minimum absolute atomic E-state index is 0.00110. The number of benzene rings is 2. The fourth-order valence-corrected chi connectivity index (χ4v) is 2.64. The Balaban J connectivity index is 1.61. The minimum Gasteiger partial charge on any atom is -0.489 e. The van der Waals surface area contributed by atoms with Gasteiger partial charge in [0, 0.05) is 6.42 Å². The number of amides is 1. The van der Waals surface area contributed by atoms with Crippen LogP contribution < -0.4 is 19.6 Å². The Hall–Kier alpha value is -2.80. The van der Waals surface area contributed by atoms with Crippen molar-refractivity contribution in [3.05, 3.63) is 52.8 Å². The molecule has 0 spiro atoms. The van der Waals surface area contributed by atoms with Gasteiger partial charge < -0.3 is 14.2 Å². The van der Waals surface area contributed by atoms with Crippen LogP contribution >= 0.6 is 11.6 Å². The van der Waals surface area contributed by atoms with E-state index in [-0.39, 0.29) is 5.75 Å². The van der Waals surface area contributed by atoms with E-state index in [0.29, 0.717) is 35.3 Å². The van der Waals surface area contributed by atoms with Crippen molar-refractivity contribution in [2.45, 2.75) is 19.4 Å². The number of para-hydroxylation sites is 1. The van der Waals surface area contributed by atoms with Crippen LogP contribution in [0, 0.1) is 5.82 Å². The lowest BCUT2D eigenvalue weighted by Crippen LogP contribution is -2.33. The number of nitrogens with one attached hydrogen (secondary N) is 1. The van der Waals surface area contributed by atoms with E-state index in [1.807, 2.05) is 0 Å². The van der Waals surface area contributed by atoms with Gasteiger partial charge in [-0.3, -0.25) is 4.79 Å². The second-order valence-electron chi connectivity index (χ2n) is 5.81. The zero-order valence-corrected chi connectivity index (χ0v) is 15.3. The molecule has 1 atom stereocenters. The molecule has 1 amide bonds. The summed E-state index contributed by atoms with van der Waals surface area (Å²) in [5.74, 6) is -0.0254. The summed E-state index contributed by atoms with van der Waals surface area (Å²) in [6, 6.07) is 9.24. The second kappa shape index (κ2) is 8.73. The molecule has 1 heterocycles. The maximum Gasteiger partial charge on any atom is 0.280 e. The van der Waals surface area contributed by atoms with E-state index in [9.17, 15) is 9.18 Å². The van der Waals surface area contributed by atoms with Gasteiger partial charge in [-0.15, -0.1) is 0 Å². The molecule has 0 fully saturated rings. The lowest BCUT2D eigenvalue weighted by molar-refractivity contribution is -0.127. The highest BCUT2D eigenvalue weighted by molar-refractivity contribution is 6.32. The number of fused-ring (bicyclic) bond motifs is 1. The van der Waals surface area contributed by atoms with Gasteiger partial charge in [0.05, 0.1) is 24.5 Å². The molecule has 0 radical (unpaired) electrons. The first-order valence-corrected chi connectivity index (χ1v) is 8.75. The zero-order chi connectivity index (χ0) is 19.2. The molecule has 8 heteroatoms. The van der Waals surface area contributed by atoms with Crippen LogP contribution in [0.4, 0.5) is 4.39 Å². The number of carbonyl (C=O) groups excluding carboxylic acids is 1. The first-order valence-electron chi connectivity index (χ1n) is 8.38. The van der Waals surface area contributed by atoms with Crippen molar-refractivity contribution in [3.8, 4) is 17.2 Å². The summed E-state index contributed by atoms with van der Waals surface area (Å²) in [7, 11) is 0. The fraction of sp³-hybridized carbons (Fsp3) is 0.263. The summed E-state index contributed by atoms with van der Waals surface area (Å²) in [4.78, 5) is 12.1. The first kappa shape index (κ1) is 19.0. The average molecular weight is 393 g/mol. The topological polar surface area (TPSA) is 69.2 Å². The maximum absolute atomic E-state index is 13.6. The Morgan fingerprint density at radius 1 is 1.33 bits per heavy atom. The molecule has 27 heavy (non-hydrogen) atoms. The Morgan fingerprint density at radius 3 is 2.93 bits per heavy atom. The van der Waals surface area contributed by atoms with Crippen molar-refractivity contribution < 1.29 is 23.4 Å². The normalized spacial score (nSPS) is 14.5. The molecular formula is C19H18ClFN2O4. The monoisotopic (exact) mass is 392 g/mol. The van der Waals surface area contributed by atoms with Gasteiger partial charge in [0.2, 0.25) is 0 Å². The van der Waals surface area contributed by atoms with E-state index in [4.69, 9.17) is 25.8 Å². The third-order valence-electron chi connectivity index (χ3n) is 3.72. The summed E-state index contributed by atoms with van der Waals surface area (Å²) in [5.41, 5.74) is 2.98. The van der Waals surface area contributed by atoms with Crippen LogP contribution in [-0.4, -0.2) is 31.4 Å². The molecule has 0 saturated heterocycles. The molecule has 0 bridgehead atoms. The smallest absolute Gasteiger partial charge is 0.280 e. The van der Waals surface area contributed by atoms with Gasteiger partial charge in [0.1, 0.15) is 0 Å². The molecule has 6 nitrogen and oxygen atoms in total. The highest BCUT2D eigenvalue weighted by Gasteiger charge is 2.17. The van der Waals surface area contributed by atoms with Gasteiger partial charge >= 0.3 is 0 Å². The maximum atomic E-state index is 13.6. The number of rotatable bonds is 5. The number of hydrogen-bond donors (Lipinski definition) is 1. The standard InChI is InChI=1S/C19H18ClFN2O4/c1-12(27-16-6-3-2-5-15(16)21)19(24)23-22-11-13-9-14(20)18-17(10-13)25-7-4-8-26-18/h2-3,5-6,9-12H,4,7-8H2,1H3,(H,23,24)/b22-11-/t12-/m1/s1. The lowest BCUT2D eigenvalue weighted by Gasteiger charge is -2.13. The van der Waals surface area contributed by atoms with E-state index in [1.54, 1.807) is 18.2 Å². The molecule has 1 aliphatic heterocycles. The second-order valence-corrected chi connectivity index (χ2v) is 6.21. The number of ether oxygens (including phenoxy) is 3. The van der Waals surface area contributed by atoms with Crippen molar-refractivity contribution in [3.63, 3.8) is 0 Å². The molecule has 0 unspecified atom stereocenters. The van der Waals surface area contributed by atoms with Crippen LogP contribution in [0.5, 0.6) is 17.2 Å². The lowest BCUT2D eigenvalue weighted by atomic mass is 10.2. The van der Waals surface area contributed by atoms with Crippen molar-refractivity contribution in [2.24, 2.45) is 5.10 Å². The van der Waals surface area contributed by atoms with Gasteiger partial charge in [-0.05, 0) is 36.8 Å². The van der Waals surface area contributed by atoms with Gasteiger partial charge in [-0.25, -0.2) is 9.82 Å². The molecule has 0 aromatic heterocycles. The van der Waals surface area contributed by atoms with Crippen molar-refractivity contribution in [1.82, 2.24) is 5.43 Å². The number of hydrazone groups is 1. The van der Waals surface area contributed by atoms with Crippen molar-refractivity contribution in [2.75, 3.05) is 13.2 Å². The molecule has 0 aliphatic carbocycles. The zero-order valence-electron chi connectivity index (χ0n) is 14.6. The third kappa shape index (κ3) is 4.89. The molecule has 0 saturated carbocycles. The van der Waals surface area contributed by atoms with Gasteiger partial charge in [0.25, 0.3) is 5.91 Å². The molecule has 1 aliphatic rings. The number of nitrogens with zero attached hydrogens (tertiary/aromatic N) is 1. The fourth-order valence-electron chi connectivity index (χ4n) is 2.37. The minimum atomic E-state index is -0.925. The first-order chi connectivity index (χ1) is 13.0. The summed E-state index contributed by atoms with van der Waals surface area (Å²) < 4.78 is 30.0. The summed E-state index contributed by atoms with van der Waals surface area (Å²) in [5, 5.41) is 4.29. The van der Waals surface area contributed by atoms with Crippen LogP contribution in [0.3, 0.4) is 0 Å². The van der Waals surface area contributed by atoms with Crippen LogP contribution in [0.1, 0.15) is 18.9 Å². The third-order valence-corrected chi connectivity index (χ3v) is 4.00. The Morgan fingerprint density at radius 2 is 2.11 bits per heavy atom. The average Bonchev–Trinajstić information content (AvgIpc) is 2.89. The van der Waals surface area contributed by atoms with E-state index in [2.05, 4.69) is 10.5 Å². The Kier molecular flexibility index (Phi) is 6.13. The quantitative estimate of drug-likeness (QED) is 0.624. The number of hydrogen-bond acceptors (Lipinski definition) is 5. The molecule has 3 rings (SSSR count). The molecule has 142 valence electrons. The molecule has 2 aromatic rings. The van der Waals surface area contributed by atoms with Crippen LogP contribution in [0.25, 0.3) is 0 Å². The van der Waals surface area contributed by atoms with Gasteiger partial charge in [-0.2, -0.15) is 5.10 Å². The van der Waals surface area contributed by atoms with Crippen molar-refractivity contribution >= 4 is 23.7 Å². The van der Waals surface area contributed by atoms with Crippen LogP contribution in [-0.2, 0) is 4.79 Å². The van der Waals surface area contributed by atoms with Gasteiger partial charge in [-0.1, -0.05) is 23.7 Å². The summed E-state index contributed by atoms with van der Waals surface area (Å²) in [6.45, 7) is 2.57. The Labute approximate surface area is 160 Å². The number of halogens is 2. The van der Waals surface area contributed by atoms with E-state index < -0.39 is 17.8 Å². The van der Waals surface area contributed by atoms with E-state index >= 15 is 0 Å².